The van der Waals surface area contributed by atoms with Crippen molar-refractivity contribution >= 4 is 29.9 Å². The number of aliphatic imine (C=N–C) groups is 1. The molecule has 0 aliphatic carbocycles. The third-order valence-electron chi connectivity index (χ3n) is 3.78. The van der Waals surface area contributed by atoms with Gasteiger partial charge in [0, 0.05) is 13.6 Å². The van der Waals surface area contributed by atoms with E-state index in [0.29, 0.717) is 25.6 Å². The summed E-state index contributed by atoms with van der Waals surface area (Å²) in [5.41, 5.74) is 2.23. The summed E-state index contributed by atoms with van der Waals surface area (Å²) in [5.74, 6) is 3.26. The lowest BCUT2D eigenvalue weighted by atomic mass is 10.1. The van der Waals surface area contributed by atoms with Crippen molar-refractivity contribution in [3.63, 3.8) is 0 Å². The van der Waals surface area contributed by atoms with Crippen molar-refractivity contribution in [1.29, 1.82) is 0 Å². The zero-order valence-electron chi connectivity index (χ0n) is 15.7. The number of nitrogens with zero attached hydrogens (tertiary/aromatic N) is 4. The average Bonchev–Trinajstić information content (AvgIpc) is 2.92. The number of aryl methyl sites for hydroxylation is 2. The van der Waals surface area contributed by atoms with Gasteiger partial charge in [0.15, 0.2) is 11.8 Å². The number of nitrogens with one attached hydrogen (secondary N) is 2. The van der Waals surface area contributed by atoms with Gasteiger partial charge in [-0.15, -0.1) is 40.8 Å². The first-order valence-electron chi connectivity index (χ1n) is 8.16. The Morgan fingerprint density at radius 3 is 2.65 bits per heavy atom. The third kappa shape index (κ3) is 6.32. The molecule has 0 unspecified atom stereocenters. The molecule has 0 aliphatic heterocycles. The van der Waals surface area contributed by atoms with Gasteiger partial charge in [-0.05, 0) is 37.1 Å². The van der Waals surface area contributed by atoms with Gasteiger partial charge in [-0.1, -0.05) is 12.1 Å². The van der Waals surface area contributed by atoms with Crippen LogP contribution in [0.5, 0.6) is 5.75 Å². The fraction of sp³-hybridized carbons (Fsp3) is 0.389. The number of benzene rings is 1. The molecule has 0 bridgehead atoms. The molecule has 8 heteroatoms. The summed E-state index contributed by atoms with van der Waals surface area (Å²) >= 11 is 0. The number of rotatable bonds is 7. The molecule has 1 heterocycles. The van der Waals surface area contributed by atoms with Crippen LogP contribution in [0.2, 0.25) is 0 Å². The normalized spacial score (nSPS) is 10.8. The van der Waals surface area contributed by atoms with E-state index < -0.39 is 0 Å². The standard InChI is InChI=1S/C18H26N6O.HI/c1-6-7-19-18(21-12-17-23-22-14(3)24(17)4)20-11-15-8-13(2)9-16(10-15)25-5;/h6,8-10H,1,7,11-12H2,2-5H3,(H2,19,20,21);1H. The molecule has 7 nitrogen and oxygen atoms in total. The van der Waals surface area contributed by atoms with E-state index in [1.807, 2.05) is 37.6 Å². The van der Waals surface area contributed by atoms with Crippen LogP contribution < -0.4 is 15.4 Å². The fourth-order valence-corrected chi connectivity index (χ4v) is 2.31. The first-order chi connectivity index (χ1) is 12.0. The molecule has 0 aliphatic rings. The molecule has 0 saturated carbocycles. The molecule has 0 radical (unpaired) electrons. The van der Waals surface area contributed by atoms with Crippen LogP contribution in [0.1, 0.15) is 22.8 Å². The van der Waals surface area contributed by atoms with Crippen molar-refractivity contribution < 1.29 is 4.74 Å². The highest BCUT2D eigenvalue weighted by atomic mass is 127. The Bertz CT molecular complexity index is 756. The van der Waals surface area contributed by atoms with Crippen LogP contribution >= 0.6 is 24.0 Å². The van der Waals surface area contributed by atoms with Gasteiger partial charge in [0.2, 0.25) is 0 Å². The molecule has 2 rings (SSSR count). The van der Waals surface area contributed by atoms with E-state index in [1.54, 1.807) is 13.2 Å². The van der Waals surface area contributed by atoms with Gasteiger partial charge in [0.05, 0.1) is 20.2 Å². The Labute approximate surface area is 172 Å². The largest absolute Gasteiger partial charge is 0.497 e. The molecule has 2 aromatic rings. The molecule has 0 fully saturated rings. The van der Waals surface area contributed by atoms with Crippen LogP contribution in [0.25, 0.3) is 0 Å². The molecular weight excluding hydrogens is 443 g/mol. The number of halogens is 1. The summed E-state index contributed by atoms with van der Waals surface area (Å²) in [6, 6.07) is 6.09. The average molecular weight is 470 g/mol. The Balaban J connectivity index is 0.00000338. The van der Waals surface area contributed by atoms with E-state index in [9.17, 15) is 0 Å². The van der Waals surface area contributed by atoms with Crippen LogP contribution in [-0.4, -0.2) is 34.4 Å². The molecule has 1 aromatic heterocycles. The second-order valence-electron chi connectivity index (χ2n) is 5.77. The summed E-state index contributed by atoms with van der Waals surface area (Å²) in [7, 11) is 3.61. The smallest absolute Gasteiger partial charge is 0.192 e. The minimum absolute atomic E-state index is 0. The molecule has 1 aromatic carbocycles. The number of hydrogen-bond donors (Lipinski definition) is 2. The Hall–Kier alpha value is -2.10. The summed E-state index contributed by atoms with van der Waals surface area (Å²) in [5, 5.41) is 14.7. The molecule has 142 valence electrons. The topological polar surface area (TPSA) is 76.4 Å². The van der Waals surface area contributed by atoms with Gasteiger partial charge < -0.3 is 19.9 Å². The van der Waals surface area contributed by atoms with Gasteiger partial charge in [-0.2, -0.15) is 0 Å². The van der Waals surface area contributed by atoms with Crippen LogP contribution in [0.3, 0.4) is 0 Å². The van der Waals surface area contributed by atoms with Gasteiger partial charge in [0.25, 0.3) is 0 Å². The van der Waals surface area contributed by atoms with Crippen LogP contribution in [0.4, 0.5) is 0 Å². The van der Waals surface area contributed by atoms with Crippen LogP contribution in [0.15, 0.2) is 35.8 Å². The molecule has 0 spiro atoms. The van der Waals surface area contributed by atoms with Gasteiger partial charge in [-0.25, -0.2) is 4.99 Å². The molecule has 2 N–H and O–H groups in total. The number of aromatic nitrogens is 3. The van der Waals surface area contributed by atoms with Crippen molar-refractivity contribution in [3.05, 3.63) is 53.6 Å². The van der Waals surface area contributed by atoms with Crippen molar-refractivity contribution in [3.8, 4) is 5.75 Å². The van der Waals surface area contributed by atoms with E-state index in [-0.39, 0.29) is 24.0 Å². The van der Waals surface area contributed by atoms with Crippen molar-refractivity contribution in [2.75, 3.05) is 13.7 Å². The SMILES string of the molecule is C=CCNC(=NCc1cc(C)cc(OC)c1)NCc1nnc(C)n1C.I. The van der Waals surface area contributed by atoms with Crippen molar-refractivity contribution in [2.24, 2.45) is 12.0 Å². The Morgan fingerprint density at radius 2 is 2.04 bits per heavy atom. The highest BCUT2D eigenvalue weighted by Crippen LogP contribution is 2.16. The van der Waals surface area contributed by atoms with E-state index >= 15 is 0 Å². The second-order valence-corrected chi connectivity index (χ2v) is 5.77. The molecule has 0 amide bonds. The minimum atomic E-state index is 0. The summed E-state index contributed by atoms with van der Waals surface area (Å²) < 4.78 is 7.27. The van der Waals surface area contributed by atoms with E-state index in [4.69, 9.17) is 4.74 Å². The maximum Gasteiger partial charge on any atom is 0.192 e. The molecule has 0 saturated heterocycles. The highest BCUT2D eigenvalue weighted by Gasteiger charge is 2.06. The maximum atomic E-state index is 5.32. The summed E-state index contributed by atoms with van der Waals surface area (Å²) in [6.07, 6.45) is 1.79. The third-order valence-corrected chi connectivity index (χ3v) is 3.78. The van der Waals surface area contributed by atoms with Gasteiger partial charge >= 0.3 is 0 Å². The minimum Gasteiger partial charge on any atom is -0.497 e. The van der Waals surface area contributed by atoms with Crippen LogP contribution in [-0.2, 0) is 20.1 Å². The lowest BCUT2D eigenvalue weighted by molar-refractivity contribution is 0.414. The lowest BCUT2D eigenvalue weighted by Gasteiger charge is -2.12. The second kappa shape index (κ2) is 10.8. The van der Waals surface area contributed by atoms with Gasteiger partial charge in [0.1, 0.15) is 11.6 Å². The molecule has 26 heavy (non-hydrogen) atoms. The Kier molecular flexibility index (Phi) is 9.11. The maximum absolute atomic E-state index is 5.32. The zero-order chi connectivity index (χ0) is 18.2. The number of ether oxygens (including phenoxy) is 1. The first-order valence-corrected chi connectivity index (χ1v) is 8.16. The predicted octanol–water partition coefficient (Wildman–Crippen LogP) is 2.48. The summed E-state index contributed by atoms with van der Waals surface area (Å²) in [6.45, 7) is 9.41. The fourth-order valence-electron chi connectivity index (χ4n) is 2.31. The Morgan fingerprint density at radius 1 is 1.27 bits per heavy atom. The first kappa shape index (κ1) is 21.9. The van der Waals surface area contributed by atoms with Crippen molar-refractivity contribution in [2.45, 2.75) is 26.9 Å². The number of guanidine groups is 1. The van der Waals surface area contributed by atoms with Crippen molar-refractivity contribution in [1.82, 2.24) is 25.4 Å². The zero-order valence-corrected chi connectivity index (χ0v) is 18.1. The van der Waals surface area contributed by atoms with E-state index in [2.05, 4.69) is 38.5 Å². The summed E-state index contributed by atoms with van der Waals surface area (Å²) in [4.78, 5) is 4.63. The monoisotopic (exact) mass is 470 g/mol. The molecule has 0 atom stereocenters. The quantitative estimate of drug-likeness (QED) is 0.282. The lowest BCUT2D eigenvalue weighted by Crippen LogP contribution is -2.37. The van der Waals surface area contributed by atoms with E-state index in [1.165, 1.54) is 0 Å². The molecular formula is C18H27IN6O. The van der Waals surface area contributed by atoms with Gasteiger partial charge in [-0.3, -0.25) is 0 Å². The number of hydrogen-bond acceptors (Lipinski definition) is 4. The predicted molar refractivity (Wildman–Crippen MR) is 115 cm³/mol. The van der Waals surface area contributed by atoms with Crippen LogP contribution in [0, 0.1) is 13.8 Å². The highest BCUT2D eigenvalue weighted by molar-refractivity contribution is 14.0. The van der Waals surface area contributed by atoms with E-state index in [0.717, 1.165) is 28.5 Å². The number of methoxy groups -OCH3 is 1.